The number of halogens is 2. The van der Waals surface area contributed by atoms with E-state index in [2.05, 4.69) is 5.32 Å². The fourth-order valence-corrected chi connectivity index (χ4v) is 4.77. The van der Waals surface area contributed by atoms with Gasteiger partial charge in [0, 0.05) is 23.2 Å². The van der Waals surface area contributed by atoms with Gasteiger partial charge in [0.15, 0.2) is 0 Å². The van der Waals surface area contributed by atoms with Crippen molar-refractivity contribution in [2.45, 2.75) is 35.3 Å². The number of carbonyl (C=O) groups is 1. The van der Waals surface area contributed by atoms with E-state index < -0.39 is 21.8 Å². The molecule has 0 saturated carbocycles. The van der Waals surface area contributed by atoms with Gasteiger partial charge in [-0.1, -0.05) is 35.9 Å². The van der Waals surface area contributed by atoms with E-state index >= 15 is 0 Å². The van der Waals surface area contributed by atoms with Gasteiger partial charge < -0.3 is 16.2 Å². The number of rotatable bonds is 9. The summed E-state index contributed by atoms with van der Waals surface area (Å²) in [6.45, 7) is 2.37. The highest BCUT2D eigenvalue weighted by molar-refractivity contribution is 7.91. The quantitative estimate of drug-likeness (QED) is 0.405. The maximum absolute atomic E-state index is 12.8. The maximum Gasteiger partial charge on any atom is 0.248 e. The molecular formula is C24H26Cl2N2O4S. The van der Waals surface area contributed by atoms with Crippen LogP contribution in [0, 0.1) is 0 Å². The van der Waals surface area contributed by atoms with E-state index in [1.165, 1.54) is 24.3 Å². The standard InChI is InChI=1S/C24H25ClN2O4S.ClH/c1-16(27-15-23(28)19-3-2-4-20(25)14-19)13-17-5-9-21(10-6-17)32(30,31)22-11-7-18(8-12-22)24(26)29;/h2-12,14,16,23,27-28H,13,15H2,1H3,(H2,26,29);1H/t16-,23+;/m1./s1. The van der Waals surface area contributed by atoms with Gasteiger partial charge in [-0.3, -0.25) is 4.79 Å². The van der Waals surface area contributed by atoms with E-state index in [1.54, 1.807) is 42.5 Å². The molecule has 0 saturated heterocycles. The lowest BCUT2D eigenvalue weighted by Gasteiger charge is -2.18. The zero-order valence-corrected chi connectivity index (χ0v) is 20.3. The van der Waals surface area contributed by atoms with Crippen LogP contribution < -0.4 is 11.1 Å². The number of hydrogen-bond donors (Lipinski definition) is 3. The smallest absolute Gasteiger partial charge is 0.248 e. The second-order valence-electron chi connectivity index (χ2n) is 7.62. The number of nitrogens with one attached hydrogen (secondary N) is 1. The molecule has 0 heterocycles. The van der Waals surface area contributed by atoms with Crippen LogP contribution >= 0.6 is 24.0 Å². The molecule has 0 aliphatic carbocycles. The molecule has 0 unspecified atom stereocenters. The first-order valence-electron chi connectivity index (χ1n) is 10.1. The Labute approximate surface area is 205 Å². The molecule has 33 heavy (non-hydrogen) atoms. The van der Waals surface area contributed by atoms with E-state index in [4.69, 9.17) is 17.3 Å². The summed E-state index contributed by atoms with van der Waals surface area (Å²) in [5.74, 6) is -0.610. The second kappa shape index (κ2) is 11.6. The molecule has 0 bridgehead atoms. The van der Waals surface area contributed by atoms with Crippen LogP contribution in [0.25, 0.3) is 0 Å². The fraction of sp³-hybridized carbons (Fsp3) is 0.208. The number of aliphatic hydroxyl groups is 1. The van der Waals surface area contributed by atoms with Crippen molar-refractivity contribution in [3.05, 3.63) is 94.5 Å². The first-order valence-corrected chi connectivity index (χ1v) is 11.9. The monoisotopic (exact) mass is 508 g/mol. The predicted octanol–water partition coefficient (Wildman–Crippen LogP) is 3.95. The number of primary amides is 1. The Bertz CT molecular complexity index is 1180. The lowest BCUT2D eigenvalue weighted by molar-refractivity contribution is 0.1000. The summed E-state index contributed by atoms with van der Waals surface area (Å²) in [6, 6.07) is 19.4. The molecule has 3 aromatic rings. The second-order valence-corrected chi connectivity index (χ2v) is 10.0. The maximum atomic E-state index is 12.8. The first kappa shape index (κ1) is 26.8. The number of hydrogen-bond acceptors (Lipinski definition) is 5. The number of sulfone groups is 1. The van der Waals surface area contributed by atoms with Gasteiger partial charge in [-0.2, -0.15) is 0 Å². The van der Waals surface area contributed by atoms with Crippen LogP contribution in [0.15, 0.2) is 82.6 Å². The third-order valence-electron chi connectivity index (χ3n) is 5.12. The van der Waals surface area contributed by atoms with Gasteiger partial charge in [-0.15, -0.1) is 12.4 Å². The minimum absolute atomic E-state index is 0. The Morgan fingerprint density at radius 3 is 2.15 bits per heavy atom. The lowest BCUT2D eigenvalue weighted by Crippen LogP contribution is -2.32. The molecule has 0 radical (unpaired) electrons. The molecule has 2 atom stereocenters. The van der Waals surface area contributed by atoms with E-state index in [1.807, 2.05) is 13.0 Å². The van der Waals surface area contributed by atoms with Crippen LogP contribution in [0.3, 0.4) is 0 Å². The van der Waals surface area contributed by atoms with Crippen LogP contribution in [-0.4, -0.2) is 32.0 Å². The number of nitrogens with two attached hydrogens (primary N) is 1. The number of aliphatic hydroxyl groups excluding tert-OH is 1. The van der Waals surface area contributed by atoms with E-state index in [-0.39, 0.29) is 33.8 Å². The summed E-state index contributed by atoms with van der Waals surface area (Å²) in [5, 5.41) is 14.2. The molecule has 9 heteroatoms. The first-order chi connectivity index (χ1) is 15.2. The average molecular weight is 509 g/mol. The zero-order valence-electron chi connectivity index (χ0n) is 17.9. The van der Waals surface area contributed by atoms with E-state index in [9.17, 15) is 18.3 Å². The molecule has 3 aromatic carbocycles. The summed E-state index contributed by atoms with van der Waals surface area (Å²) in [4.78, 5) is 11.4. The third kappa shape index (κ3) is 7.03. The van der Waals surface area contributed by atoms with Gasteiger partial charge in [0.2, 0.25) is 15.7 Å². The van der Waals surface area contributed by atoms with Crippen molar-refractivity contribution in [1.82, 2.24) is 5.32 Å². The Balaban J connectivity index is 0.00000385. The minimum Gasteiger partial charge on any atom is -0.387 e. The molecule has 0 spiro atoms. The topological polar surface area (TPSA) is 109 Å². The molecule has 0 aromatic heterocycles. The predicted molar refractivity (Wildman–Crippen MR) is 132 cm³/mol. The summed E-state index contributed by atoms with van der Waals surface area (Å²) in [7, 11) is -3.69. The fourth-order valence-electron chi connectivity index (χ4n) is 3.31. The third-order valence-corrected chi connectivity index (χ3v) is 7.14. The molecule has 4 N–H and O–H groups in total. The zero-order chi connectivity index (χ0) is 23.3. The summed E-state index contributed by atoms with van der Waals surface area (Å²) < 4.78 is 25.6. The SMILES string of the molecule is C[C@H](Cc1ccc(S(=O)(=O)c2ccc(C(N)=O)cc2)cc1)NC[C@H](O)c1cccc(Cl)c1.Cl. The van der Waals surface area contributed by atoms with Crippen LogP contribution in [0.1, 0.15) is 34.5 Å². The van der Waals surface area contributed by atoms with Crippen LogP contribution in [0.4, 0.5) is 0 Å². The van der Waals surface area contributed by atoms with E-state index in [0.717, 1.165) is 11.1 Å². The van der Waals surface area contributed by atoms with Crippen molar-refractivity contribution in [3.63, 3.8) is 0 Å². The molecule has 0 aliphatic heterocycles. The molecule has 0 fully saturated rings. The van der Waals surface area contributed by atoms with Crippen molar-refractivity contribution in [3.8, 4) is 0 Å². The van der Waals surface area contributed by atoms with Crippen LogP contribution in [0.5, 0.6) is 0 Å². The minimum atomic E-state index is -3.69. The highest BCUT2D eigenvalue weighted by Gasteiger charge is 2.18. The van der Waals surface area contributed by atoms with Gasteiger partial charge in [-0.05, 0) is 73.0 Å². The van der Waals surface area contributed by atoms with Crippen molar-refractivity contribution in [2.24, 2.45) is 5.73 Å². The Hall–Kier alpha value is -2.42. The van der Waals surface area contributed by atoms with E-state index in [0.29, 0.717) is 18.0 Å². The highest BCUT2D eigenvalue weighted by Crippen LogP contribution is 2.22. The van der Waals surface area contributed by atoms with Gasteiger partial charge >= 0.3 is 0 Å². The highest BCUT2D eigenvalue weighted by atomic mass is 35.5. The molecule has 6 nitrogen and oxygen atoms in total. The molecule has 0 aliphatic rings. The molecular weight excluding hydrogens is 483 g/mol. The summed E-state index contributed by atoms with van der Waals surface area (Å²) in [5.41, 5.74) is 7.16. The van der Waals surface area contributed by atoms with Gasteiger partial charge in [-0.25, -0.2) is 8.42 Å². The van der Waals surface area contributed by atoms with Crippen molar-refractivity contribution < 1.29 is 18.3 Å². The normalized spacial score (nSPS) is 13.1. The Kier molecular flexibility index (Phi) is 9.46. The Morgan fingerprint density at radius 2 is 1.61 bits per heavy atom. The number of carbonyl (C=O) groups excluding carboxylic acids is 1. The van der Waals surface area contributed by atoms with Crippen LogP contribution in [-0.2, 0) is 16.3 Å². The summed E-state index contributed by atoms with van der Waals surface area (Å²) in [6.07, 6.45) is -0.0137. The largest absolute Gasteiger partial charge is 0.387 e. The van der Waals surface area contributed by atoms with Crippen LogP contribution in [0.2, 0.25) is 5.02 Å². The number of benzene rings is 3. The van der Waals surface area contributed by atoms with Gasteiger partial charge in [0.1, 0.15) is 0 Å². The summed E-state index contributed by atoms with van der Waals surface area (Å²) >= 11 is 5.97. The molecule has 1 amide bonds. The van der Waals surface area contributed by atoms with Crippen molar-refractivity contribution in [2.75, 3.05) is 6.54 Å². The Morgan fingerprint density at radius 1 is 1.03 bits per heavy atom. The van der Waals surface area contributed by atoms with Gasteiger partial charge in [0.25, 0.3) is 0 Å². The van der Waals surface area contributed by atoms with Crippen molar-refractivity contribution in [1.29, 1.82) is 0 Å². The average Bonchev–Trinajstić information content (AvgIpc) is 2.78. The molecule has 3 rings (SSSR count). The molecule has 176 valence electrons. The lowest BCUT2D eigenvalue weighted by atomic mass is 10.1. The van der Waals surface area contributed by atoms with Gasteiger partial charge in [0.05, 0.1) is 15.9 Å². The van der Waals surface area contributed by atoms with Crippen molar-refractivity contribution >= 4 is 39.8 Å². The number of amides is 1.